The van der Waals surface area contributed by atoms with Crippen molar-refractivity contribution in [2.45, 2.75) is 26.2 Å². The first-order valence-corrected chi connectivity index (χ1v) is 8.01. The van der Waals surface area contributed by atoms with E-state index in [-0.39, 0.29) is 17.5 Å². The molecular formula is C14H19NO5S. The largest absolute Gasteiger partial charge is 0.373 e. The van der Waals surface area contributed by atoms with Crippen LogP contribution in [-0.4, -0.2) is 33.7 Å². The SMILES string of the molecule is CC(C)(C)c1ccc(N2CCOCS2(=O)=O)cc1.O=C=O. The molecule has 0 bridgehead atoms. The minimum atomic E-state index is -3.31. The Morgan fingerprint density at radius 2 is 1.67 bits per heavy atom. The number of hydrogen-bond donors (Lipinski definition) is 0. The minimum absolute atomic E-state index is 0.0718. The summed E-state index contributed by atoms with van der Waals surface area (Å²) in [6.45, 7) is 7.23. The van der Waals surface area contributed by atoms with Gasteiger partial charge in [-0.1, -0.05) is 32.9 Å². The molecule has 0 atom stereocenters. The molecule has 1 heterocycles. The molecule has 6 nitrogen and oxygen atoms in total. The third-order valence-corrected chi connectivity index (χ3v) is 4.56. The lowest BCUT2D eigenvalue weighted by Gasteiger charge is -2.29. The van der Waals surface area contributed by atoms with Crippen molar-refractivity contribution in [1.82, 2.24) is 0 Å². The molecule has 0 aliphatic carbocycles. The molecule has 0 amide bonds. The van der Waals surface area contributed by atoms with Crippen LogP contribution in [-0.2, 0) is 29.8 Å². The van der Waals surface area contributed by atoms with Crippen LogP contribution in [0.2, 0.25) is 0 Å². The molecule has 0 spiro atoms. The zero-order valence-corrected chi connectivity index (χ0v) is 13.1. The predicted octanol–water partition coefficient (Wildman–Crippen LogP) is 1.52. The molecule has 1 aliphatic rings. The van der Waals surface area contributed by atoms with Gasteiger partial charge in [0.2, 0.25) is 0 Å². The van der Waals surface area contributed by atoms with Crippen LogP contribution in [0.1, 0.15) is 26.3 Å². The number of ether oxygens (including phenoxy) is 1. The van der Waals surface area contributed by atoms with Crippen LogP contribution >= 0.6 is 0 Å². The highest BCUT2D eigenvalue weighted by molar-refractivity contribution is 7.92. The molecule has 1 aromatic rings. The quantitative estimate of drug-likeness (QED) is 0.785. The Balaban J connectivity index is 0.000000677. The van der Waals surface area contributed by atoms with Gasteiger partial charge in [-0.05, 0) is 23.1 Å². The Bertz CT molecular complexity index is 595. The first-order valence-electron chi connectivity index (χ1n) is 6.40. The van der Waals surface area contributed by atoms with Crippen molar-refractivity contribution >= 4 is 21.9 Å². The highest BCUT2D eigenvalue weighted by Crippen LogP contribution is 2.26. The number of anilines is 1. The van der Waals surface area contributed by atoms with Crippen LogP contribution in [0.5, 0.6) is 0 Å². The summed E-state index contributed by atoms with van der Waals surface area (Å²) < 4.78 is 30.1. The van der Waals surface area contributed by atoms with Crippen molar-refractivity contribution in [2.75, 3.05) is 23.4 Å². The lowest BCUT2D eigenvalue weighted by atomic mass is 9.87. The zero-order valence-electron chi connectivity index (χ0n) is 12.3. The van der Waals surface area contributed by atoms with E-state index in [1.165, 1.54) is 9.87 Å². The summed E-state index contributed by atoms with van der Waals surface area (Å²) in [6, 6.07) is 7.70. The van der Waals surface area contributed by atoms with Crippen molar-refractivity contribution in [1.29, 1.82) is 0 Å². The van der Waals surface area contributed by atoms with Crippen LogP contribution in [0.25, 0.3) is 0 Å². The Kier molecular flexibility index (Phi) is 5.66. The Morgan fingerprint density at radius 3 is 2.10 bits per heavy atom. The summed E-state index contributed by atoms with van der Waals surface area (Å²) in [4.78, 5) is 16.2. The molecule has 0 unspecified atom stereocenters. The third-order valence-electron chi connectivity index (χ3n) is 3.03. The standard InChI is InChI=1S/C13H19NO3S.CO2/c1-13(2,3)11-4-6-12(7-5-11)14-8-9-17-10-18(14,15)16;2-1-3/h4-7H,8-10H2,1-3H3;. The summed E-state index contributed by atoms with van der Waals surface area (Å²) in [5.74, 6) is -0.228. The lowest BCUT2D eigenvalue weighted by Crippen LogP contribution is -2.41. The summed E-state index contributed by atoms with van der Waals surface area (Å²) >= 11 is 0. The molecule has 1 saturated heterocycles. The van der Waals surface area contributed by atoms with E-state index >= 15 is 0 Å². The first-order chi connectivity index (χ1) is 9.72. The molecule has 1 aromatic carbocycles. The van der Waals surface area contributed by atoms with E-state index in [0.717, 1.165) is 0 Å². The second-order valence-corrected chi connectivity index (χ2v) is 7.43. The second-order valence-electron chi connectivity index (χ2n) is 5.59. The molecule has 2 rings (SSSR count). The van der Waals surface area contributed by atoms with Gasteiger partial charge >= 0.3 is 6.15 Å². The average Bonchev–Trinajstić information content (AvgIpc) is 2.38. The van der Waals surface area contributed by atoms with Gasteiger partial charge in [0, 0.05) is 0 Å². The van der Waals surface area contributed by atoms with Gasteiger partial charge < -0.3 is 4.74 Å². The van der Waals surface area contributed by atoms with E-state index < -0.39 is 10.0 Å². The highest BCUT2D eigenvalue weighted by Gasteiger charge is 2.26. The van der Waals surface area contributed by atoms with Gasteiger partial charge in [-0.2, -0.15) is 9.59 Å². The topological polar surface area (TPSA) is 80.8 Å². The van der Waals surface area contributed by atoms with Gasteiger partial charge in [-0.15, -0.1) is 0 Å². The van der Waals surface area contributed by atoms with Crippen molar-refractivity contribution in [3.63, 3.8) is 0 Å². The monoisotopic (exact) mass is 313 g/mol. The third kappa shape index (κ3) is 4.67. The van der Waals surface area contributed by atoms with E-state index in [2.05, 4.69) is 20.8 Å². The number of carbonyl (C=O) groups excluding carboxylic acids is 2. The smallest absolute Gasteiger partial charge is 0.362 e. The Hall–Kier alpha value is -1.69. The molecule has 21 heavy (non-hydrogen) atoms. The summed E-state index contributed by atoms with van der Waals surface area (Å²) in [5.41, 5.74) is 1.98. The van der Waals surface area contributed by atoms with Crippen LogP contribution in [0.4, 0.5) is 5.69 Å². The van der Waals surface area contributed by atoms with Gasteiger partial charge in [0.15, 0.2) is 5.94 Å². The predicted molar refractivity (Wildman–Crippen MR) is 77.2 cm³/mol. The molecular weight excluding hydrogens is 294 g/mol. The minimum Gasteiger partial charge on any atom is -0.362 e. The maximum atomic E-state index is 11.9. The molecule has 116 valence electrons. The van der Waals surface area contributed by atoms with E-state index in [1.807, 2.05) is 24.3 Å². The summed E-state index contributed by atoms with van der Waals surface area (Å²) in [6.07, 6.45) is 0.250. The Morgan fingerprint density at radius 1 is 1.14 bits per heavy atom. The molecule has 0 aromatic heterocycles. The van der Waals surface area contributed by atoms with E-state index in [0.29, 0.717) is 18.8 Å². The number of sulfonamides is 1. The summed E-state index contributed by atoms with van der Waals surface area (Å²) in [7, 11) is -3.31. The van der Waals surface area contributed by atoms with Gasteiger partial charge in [0.25, 0.3) is 10.0 Å². The number of hydrogen-bond acceptors (Lipinski definition) is 5. The van der Waals surface area contributed by atoms with Gasteiger partial charge in [-0.25, -0.2) is 8.42 Å². The molecule has 1 aliphatic heterocycles. The number of rotatable bonds is 1. The van der Waals surface area contributed by atoms with Crippen molar-refractivity contribution in [2.24, 2.45) is 0 Å². The fraction of sp³-hybridized carbons (Fsp3) is 0.500. The Labute approximate surface area is 124 Å². The number of benzene rings is 1. The molecule has 1 fully saturated rings. The molecule has 0 N–H and O–H groups in total. The first kappa shape index (κ1) is 17.4. The molecule has 0 saturated carbocycles. The summed E-state index contributed by atoms with van der Waals surface area (Å²) in [5, 5.41) is 0. The average molecular weight is 313 g/mol. The fourth-order valence-corrected chi connectivity index (χ4v) is 3.18. The van der Waals surface area contributed by atoms with Gasteiger partial charge in [-0.3, -0.25) is 4.31 Å². The van der Waals surface area contributed by atoms with Crippen molar-refractivity contribution in [3.8, 4) is 0 Å². The highest BCUT2D eigenvalue weighted by atomic mass is 32.2. The van der Waals surface area contributed by atoms with E-state index in [1.54, 1.807) is 0 Å². The van der Waals surface area contributed by atoms with Crippen LogP contribution in [0.3, 0.4) is 0 Å². The fourth-order valence-electron chi connectivity index (χ4n) is 1.93. The maximum absolute atomic E-state index is 11.9. The maximum Gasteiger partial charge on any atom is 0.373 e. The second kappa shape index (κ2) is 6.85. The lowest BCUT2D eigenvalue weighted by molar-refractivity contribution is -0.191. The molecule has 7 heteroatoms. The van der Waals surface area contributed by atoms with Crippen LogP contribution < -0.4 is 4.31 Å². The molecule has 0 radical (unpaired) electrons. The van der Waals surface area contributed by atoms with Crippen LogP contribution in [0, 0.1) is 0 Å². The van der Waals surface area contributed by atoms with Gasteiger partial charge in [0.05, 0.1) is 18.8 Å². The number of nitrogens with zero attached hydrogens (tertiary/aromatic N) is 1. The van der Waals surface area contributed by atoms with E-state index in [9.17, 15) is 8.42 Å². The van der Waals surface area contributed by atoms with Gasteiger partial charge in [0.1, 0.15) is 0 Å². The van der Waals surface area contributed by atoms with Crippen LogP contribution in [0.15, 0.2) is 24.3 Å². The van der Waals surface area contributed by atoms with Crippen molar-refractivity contribution in [3.05, 3.63) is 29.8 Å². The normalized spacial score (nSPS) is 17.4. The van der Waals surface area contributed by atoms with E-state index in [4.69, 9.17) is 14.3 Å². The van der Waals surface area contributed by atoms with Crippen molar-refractivity contribution < 1.29 is 22.7 Å². The zero-order chi connectivity index (χ0) is 16.1.